The molecule has 0 bridgehead atoms. The standard InChI is InChI=1S/C17H29N5O2/c1-3-15-19-16(24-20-15)12(2)21-7-9-22(10-8-21)17(23)13-5-4-6-14(18)11-13/h12-14H,3-11,18H2,1-2H3. The number of rotatable bonds is 4. The maximum atomic E-state index is 12.7. The van der Waals surface area contributed by atoms with E-state index in [1.807, 2.05) is 11.8 Å². The minimum Gasteiger partial charge on any atom is -0.340 e. The molecule has 3 atom stereocenters. The van der Waals surface area contributed by atoms with Gasteiger partial charge in [-0.05, 0) is 26.2 Å². The van der Waals surface area contributed by atoms with E-state index in [1.165, 1.54) is 0 Å². The molecule has 2 N–H and O–H groups in total. The molecule has 2 aliphatic rings. The van der Waals surface area contributed by atoms with Crippen LogP contribution in [0, 0.1) is 5.92 Å². The van der Waals surface area contributed by atoms with Crippen molar-refractivity contribution in [2.45, 2.75) is 58.0 Å². The number of carbonyl (C=O) groups is 1. The largest absolute Gasteiger partial charge is 0.340 e. The summed E-state index contributed by atoms with van der Waals surface area (Å²) in [6.07, 6.45) is 4.74. The van der Waals surface area contributed by atoms with Gasteiger partial charge >= 0.3 is 0 Å². The van der Waals surface area contributed by atoms with Crippen LogP contribution in [0.4, 0.5) is 0 Å². The van der Waals surface area contributed by atoms with Crippen LogP contribution in [-0.4, -0.2) is 58.1 Å². The van der Waals surface area contributed by atoms with Gasteiger partial charge in [0.15, 0.2) is 5.82 Å². The Balaban J connectivity index is 1.52. The molecule has 134 valence electrons. The van der Waals surface area contributed by atoms with Crippen LogP contribution in [0.15, 0.2) is 4.52 Å². The average Bonchev–Trinajstić information content (AvgIpc) is 3.10. The van der Waals surface area contributed by atoms with E-state index < -0.39 is 0 Å². The second kappa shape index (κ2) is 7.61. The Bertz CT molecular complexity index is 553. The third-order valence-electron chi connectivity index (χ3n) is 5.40. The quantitative estimate of drug-likeness (QED) is 0.893. The van der Waals surface area contributed by atoms with Crippen LogP contribution in [0.25, 0.3) is 0 Å². The fourth-order valence-corrected chi connectivity index (χ4v) is 3.78. The highest BCUT2D eigenvalue weighted by Gasteiger charge is 2.32. The molecular weight excluding hydrogens is 306 g/mol. The van der Waals surface area contributed by atoms with Crippen molar-refractivity contribution < 1.29 is 9.32 Å². The van der Waals surface area contributed by atoms with Gasteiger partial charge in [-0.15, -0.1) is 0 Å². The van der Waals surface area contributed by atoms with Crippen LogP contribution >= 0.6 is 0 Å². The van der Waals surface area contributed by atoms with Crippen molar-refractivity contribution in [3.63, 3.8) is 0 Å². The highest BCUT2D eigenvalue weighted by atomic mass is 16.5. The second-order valence-electron chi connectivity index (χ2n) is 7.06. The molecule has 7 heteroatoms. The number of carbonyl (C=O) groups excluding carboxylic acids is 1. The van der Waals surface area contributed by atoms with Crippen molar-refractivity contribution in [3.8, 4) is 0 Å². The Morgan fingerprint density at radius 2 is 2.08 bits per heavy atom. The topological polar surface area (TPSA) is 88.5 Å². The van der Waals surface area contributed by atoms with Gasteiger partial charge in [0.25, 0.3) is 0 Å². The molecule has 1 aliphatic heterocycles. The van der Waals surface area contributed by atoms with Gasteiger partial charge in [-0.2, -0.15) is 4.98 Å². The summed E-state index contributed by atoms with van der Waals surface area (Å²) in [4.78, 5) is 21.4. The predicted octanol–water partition coefficient (Wildman–Crippen LogP) is 1.35. The molecule has 0 spiro atoms. The first-order chi connectivity index (χ1) is 11.6. The van der Waals surface area contributed by atoms with E-state index >= 15 is 0 Å². The van der Waals surface area contributed by atoms with Crippen molar-refractivity contribution >= 4 is 5.91 Å². The minimum atomic E-state index is 0.0955. The summed E-state index contributed by atoms with van der Waals surface area (Å²) in [6, 6.07) is 0.289. The number of nitrogens with two attached hydrogens (primary N) is 1. The lowest BCUT2D eigenvalue weighted by Gasteiger charge is -2.39. The number of aromatic nitrogens is 2. The number of aryl methyl sites for hydroxylation is 1. The summed E-state index contributed by atoms with van der Waals surface area (Å²) in [6.45, 7) is 7.32. The van der Waals surface area contributed by atoms with Crippen molar-refractivity contribution in [2.75, 3.05) is 26.2 Å². The molecule has 7 nitrogen and oxygen atoms in total. The average molecular weight is 335 g/mol. The van der Waals surface area contributed by atoms with E-state index in [0.717, 1.165) is 64.1 Å². The molecule has 1 saturated heterocycles. The van der Waals surface area contributed by atoms with E-state index in [-0.39, 0.29) is 18.0 Å². The third-order valence-corrected chi connectivity index (χ3v) is 5.40. The zero-order chi connectivity index (χ0) is 17.1. The molecular formula is C17H29N5O2. The predicted molar refractivity (Wildman–Crippen MR) is 90.2 cm³/mol. The molecule has 2 fully saturated rings. The maximum absolute atomic E-state index is 12.7. The van der Waals surface area contributed by atoms with Crippen LogP contribution in [-0.2, 0) is 11.2 Å². The molecule has 1 saturated carbocycles. The highest BCUT2D eigenvalue weighted by Crippen LogP contribution is 2.26. The van der Waals surface area contributed by atoms with Gasteiger partial charge in [0.1, 0.15) is 0 Å². The lowest BCUT2D eigenvalue weighted by molar-refractivity contribution is -0.138. The molecule has 24 heavy (non-hydrogen) atoms. The summed E-state index contributed by atoms with van der Waals surface area (Å²) in [5.74, 6) is 1.84. The third kappa shape index (κ3) is 3.78. The number of hydrogen-bond donors (Lipinski definition) is 1. The molecule has 0 aromatic carbocycles. The molecule has 1 aromatic heterocycles. The van der Waals surface area contributed by atoms with E-state index in [9.17, 15) is 4.79 Å². The van der Waals surface area contributed by atoms with Crippen LogP contribution in [0.2, 0.25) is 0 Å². The monoisotopic (exact) mass is 335 g/mol. The smallest absolute Gasteiger partial charge is 0.243 e. The lowest BCUT2D eigenvalue weighted by Crippen LogP contribution is -2.51. The first kappa shape index (κ1) is 17.4. The van der Waals surface area contributed by atoms with Crippen LogP contribution in [0.3, 0.4) is 0 Å². The van der Waals surface area contributed by atoms with E-state index in [2.05, 4.69) is 22.0 Å². The van der Waals surface area contributed by atoms with Crippen LogP contribution in [0.1, 0.15) is 57.3 Å². The first-order valence-electron chi connectivity index (χ1n) is 9.19. The maximum Gasteiger partial charge on any atom is 0.243 e. The Morgan fingerprint density at radius 1 is 1.33 bits per heavy atom. The van der Waals surface area contributed by atoms with Crippen LogP contribution < -0.4 is 5.73 Å². The fourth-order valence-electron chi connectivity index (χ4n) is 3.78. The van der Waals surface area contributed by atoms with E-state index in [0.29, 0.717) is 11.8 Å². The summed E-state index contributed by atoms with van der Waals surface area (Å²) in [5.41, 5.74) is 6.03. The van der Waals surface area contributed by atoms with Gasteiger partial charge in [0, 0.05) is 44.6 Å². The number of piperazine rings is 1. The summed E-state index contributed by atoms with van der Waals surface area (Å²) in [5, 5.41) is 3.97. The molecule has 3 rings (SSSR count). The van der Waals surface area contributed by atoms with Gasteiger partial charge in [0.05, 0.1) is 6.04 Å². The Kier molecular flexibility index (Phi) is 5.50. The number of amides is 1. The van der Waals surface area contributed by atoms with Crippen molar-refractivity contribution in [2.24, 2.45) is 11.7 Å². The number of hydrogen-bond acceptors (Lipinski definition) is 6. The van der Waals surface area contributed by atoms with E-state index in [4.69, 9.17) is 10.3 Å². The van der Waals surface area contributed by atoms with Crippen LogP contribution in [0.5, 0.6) is 0 Å². The Morgan fingerprint density at radius 3 is 2.71 bits per heavy atom. The van der Waals surface area contributed by atoms with Crippen molar-refractivity contribution in [1.82, 2.24) is 19.9 Å². The first-order valence-corrected chi connectivity index (χ1v) is 9.19. The minimum absolute atomic E-state index is 0.0955. The Labute approximate surface area is 143 Å². The summed E-state index contributed by atoms with van der Waals surface area (Å²) in [7, 11) is 0. The highest BCUT2D eigenvalue weighted by molar-refractivity contribution is 5.79. The number of nitrogens with zero attached hydrogens (tertiary/aromatic N) is 4. The summed E-state index contributed by atoms with van der Waals surface area (Å²) < 4.78 is 5.35. The van der Waals surface area contributed by atoms with Gasteiger partial charge in [0.2, 0.25) is 11.8 Å². The summed E-state index contributed by atoms with van der Waals surface area (Å²) >= 11 is 0. The zero-order valence-electron chi connectivity index (χ0n) is 14.8. The van der Waals surface area contributed by atoms with Gasteiger partial charge < -0.3 is 15.2 Å². The zero-order valence-corrected chi connectivity index (χ0v) is 14.8. The fraction of sp³-hybridized carbons (Fsp3) is 0.824. The Hall–Kier alpha value is -1.47. The molecule has 0 radical (unpaired) electrons. The molecule has 1 aromatic rings. The molecule has 1 amide bonds. The SMILES string of the molecule is CCc1noc(C(C)N2CCN(C(=O)C3CCCC(N)C3)CC2)n1. The molecule has 3 unspecified atom stereocenters. The van der Waals surface area contributed by atoms with E-state index in [1.54, 1.807) is 0 Å². The molecule has 1 aliphatic carbocycles. The van der Waals surface area contributed by atoms with Gasteiger partial charge in [-0.1, -0.05) is 18.5 Å². The van der Waals surface area contributed by atoms with Crippen molar-refractivity contribution in [1.29, 1.82) is 0 Å². The van der Waals surface area contributed by atoms with Crippen molar-refractivity contribution in [3.05, 3.63) is 11.7 Å². The second-order valence-corrected chi connectivity index (χ2v) is 7.06. The molecule has 2 heterocycles. The lowest BCUT2D eigenvalue weighted by atomic mass is 9.85. The van der Waals surface area contributed by atoms with Gasteiger partial charge in [-0.3, -0.25) is 9.69 Å². The normalized spacial score (nSPS) is 27.2. The van der Waals surface area contributed by atoms with Gasteiger partial charge in [-0.25, -0.2) is 0 Å².